The maximum atomic E-state index is 12.4. The average Bonchev–Trinajstić information content (AvgIpc) is 2.36. The van der Waals surface area contributed by atoms with Gasteiger partial charge in [-0.2, -0.15) is 0 Å². The van der Waals surface area contributed by atoms with Crippen LogP contribution in [0.25, 0.3) is 0 Å². The molecule has 19 heavy (non-hydrogen) atoms. The van der Waals surface area contributed by atoms with Gasteiger partial charge in [-0.05, 0) is 50.4 Å². The fourth-order valence-electron chi connectivity index (χ4n) is 3.58. The maximum absolute atomic E-state index is 12.4. The van der Waals surface area contributed by atoms with Crippen molar-refractivity contribution < 1.29 is 9.90 Å². The number of aliphatic hydroxyl groups is 1. The summed E-state index contributed by atoms with van der Waals surface area (Å²) >= 11 is 0. The lowest BCUT2D eigenvalue weighted by Crippen LogP contribution is -2.48. The minimum absolute atomic E-state index is 0.0676. The quantitative estimate of drug-likeness (QED) is 0.709. The lowest BCUT2D eigenvalue weighted by Gasteiger charge is -2.37. The molecule has 4 atom stereocenters. The molecule has 0 aromatic rings. The van der Waals surface area contributed by atoms with E-state index in [2.05, 4.69) is 19.2 Å². The highest BCUT2D eigenvalue weighted by Gasteiger charge is 2.35. The van der Waals surface area contributed by atoms with Crippen LogP contribution in [0, 0.1) is 17.8 Å². The molecule has 2 fully saturated rings. The number of hydrogen-bond donors (Lipinski definition) is 3. The van der Waals surface area contributed by atoms with Crippen molar-refractivity contribution in [3.63, 3.8) is 0 Å². The van der Waals surface area contributed by atoms with Gasteiger partial charge in [-0.1, -0.05) is 13.8 Å². The van der Waals surface area contributed by atoms with Crippen molar-refractivity contribution in [3.05, 3.63) is 0 Å². The van der Waals surface area contributed by atoms with Gasteiger partial charge < -0.3 is 16.2 Å². The first-order chi connectivity index (χ1) is 8.97. The minimum atomic E-state index is -0.170. The van der Waals surface area contributed by atoms with E-state index >= 15 is 0 Å². The summed E-state index contributed by atoms with van der Waals surface area (Å²) in [6, 6.07) is 0.402. The highest BCUT2D eigenvalue weighted by atomic mass is 16.3. The van der Waals surface area contributed by atoms with Crippen LogP contribution in [-0.4, -0.2) is 29.2 Å². The number of aliphatic hydroxyl groups excluding tert-OH is 1. The molecular weight excluding hydrogens is 240 g/mol. The first-order valence-corrected chi connectivity index (χ1v) is 7.71. The van der Waals surface area contributed by atoms with Crippen molar-refractivity contribution in [3.8, 4) is 0 Å². The monoisotopic (exact) mass is 268 g/mol. The summed E-state index contributed by atoms with van der Waals surface area (Å²) in [5, 5.41) is 12.7. The fraction of sp³-hybridized carbons (Fsp3) is 0.933. The van der Waals surface area contributed by atoms with E-state index in [0.717, 1.165) is 38.5 Å². The molecule has 110 valence electrons. The molecule has 4 N–H and O–H groups in total. The molecule has 2 rings (SSSR count). The van der Waals surface area contributed by atoms with Gasteiger partial charge in [0.1, 0.15) is 0 Å². The number of hydrogen-bond acceptors (Lipinski definition) is 3. The number of carbonyl (C=O) groups is 1. The lowest BCUT2D eigenvalue weighted by molar-refractivity contribution is -0.129. The lowest BCUT2D eigenvalue weighted by atomic mass is 9.72. The van der Waals surface area contributed by atoms with E-state index in [4.69, 9.17) is 5.73 Å². The van der Waals surface area contributed by atoms with Crippen LogP contribution in [0.15, 0.2) is 0 Å². The van der Waals surface area contributed by atoms with E-state index in [9.17, 15) is 9.90 Å². The third kappa shape index (κ3) is 3.69. The van der Waals surface area contributed by atoms with Gasteiger partial charge >= 0.3 is 0 Å². The van der Waals surface area contributed by atoms with Gasteiger partial charge in [0.2, 0.25) is 5.91 Å². The second kappa shape index (κ2) is 6.23. The van der Waals surface area contributed by atoms with Crippen LogP contribution in [0.5, 0.6) is 0 Å². The second-order valence-electron chi connectivity index (χ2n) is 6.71. The van der Waals surface area contributed by atoms with Crippen LogP contribution in [0.3, 0.4) is 0 Å². The first-order valence-electron chi connectivity index (χ1n) is 7.71. The highest BCUT2D eigenvalue weighted by Crippen LogP contribution is 2.33. The molecule has 2 aliphatic carbocycles. The van der Waals surface area contributed by atoms with E-state index in [1.807, 2.05) is 0 Å². The molecule has 2 aliphatic rings. The van der Waals surface area contributed by atoms with Gasteiger partial charge in [0.05, 0.1) is 6.10 Å². The molecule has 1 amide bonds. The molecule has 4 nitrogen and oxygen atoms in total. The Kier molecular flexibility index (Phi) is 4.85. The minimum Gasteiger partial charge on any atom is -0.393 e. The van der Waals surface area contributed by atoms with Crippen molar-refractivity contribution in [2.75, 3.05) is 0 Å². The number of amides is 1. The summed E-state index contributed by atoms with van der Waals surface area (Å²) in [4.78, 5) is 12.4. The van der Waals surface area contributed by atoms with Crippen LogP contribution in [0.1, 0.15) is 52.4 Å². The zero-order chi connectivity index (χ0) is 14.0. The zero-order valence-electron chi connectivity index (χ0n) is 12.1. The van der Waals surface area contributed by atoms with E-state index in [1.54, 1.807) is 0 Å². The summed E-state index contributed by atoms with van der Waals surface area (Å²) in [6.45, 7) is 4.34. The van der Waals surface area contributed by atoms with Crippen molar-refractivity contribution in [1.29, 1.82) is 0 Å². The van der Waals surface area contributed by atoms with Gasteiger partial charge in [-0.3, -0.25) is 4.79 Å². The number of carbonyl (C=O) groups excluding carboxylic acids is 1. The summed E-state index contributed by atoms with van der Waals surface area (Å²) in [6.07, 6.45) is 5.10. The Labute approximate surface area is 116 Å². The Morgan fingerprint density at radius 3 is 2.37 bits per heavy atom. The van der Waals surface area contributed by atoms with Crippen molar-refractivity contribution in [2.24, 2.45) is 23.5 Å². The molecule has 0 bridgehead atoms. The van der Waals surface area contributed by atoms with E-state index in [-0.39, 0.29) is 30.0 Å². The van der Waals surface area contributed by atoms with E-state index in [1.165, 1.54) is 0 Å². The van der Waals surface area contributed by atoms with E-state index < -0.39 is 0 Å². The Morgan fingerprint density at radius 2 is 1.74 bits per heavy atom. The Morgan fingerprint density at radius 1 is 1.11 bits per heavy atom. The zero-order valence-corrected chi connectivity index (χ0v) is 12.1. The number of rotatable bonds is 2. The number of nitrogens with two attached hydrogens (primary N) is 1. The summed E-state index contributed by atoms with van der Waals surface area (Å²) in [5.74, 6) is 1.18. The fourth-order valence-corrected chi connectivity index (χ4v) is 3.58. The van der Waals surface area contributed by atoms with Gasteiger partial charge in [0.15, 0.2) is 0 Å². The Hall–Kier alpha value is -0.610. The highest BCUT2D eigenvalue weighted by molar-refractivity contribution is 5.79. The van der Waals surface area contributed by atoms with Crippen LogP contribution in [-0.2, 0) is 4.79 Å². The molecule has 0 aliphatic heterocycles. The van der Waals surface area contributed by atoms with Gasteiger partial charge in [0.25, 0.3) is 0 Å². The Bertz CT molecular complexity index is 313. The predicted molar refractivity (Wildman–Crippen MR) is 75.4 cm³/mol. The molecular formula is C15H28N2O2. The van der Waals surface area contributed by atoms with Crippen molar-refractivity contribution >= 4 is 5.91 Å². The molecule has 0 spiro atoms. The van der Waals surface area contributed by atoms with Gasteiger partial charge in [0, 0.05) is 18.0 Å². The van der Waals surface area contributed by atoms with Gasteiger partial charge in [-0.15, -0.1) is 0 Å². The normalized spacial score (nSPS) is 43.8. The smallest absolute Gasteiger partial charge is 0.223 e. The molecule has 2 saturated carbocycles. The van der Waals surface area contributed by atoms with Crippen LogP contribution >= 0.6 is 0 Å². The molecule has 4 unspecified atom stereocenters. The van der Waals surface area contributed by atoms with Crippen molar-refractivity contribution in [1.82, 2.24) is 5.32 Å². The Balaban J connectivity index is 1.85. The van der Waals surface area contributed by atoms with E-state index in [0.29, 0.717) is 11.8 Å². The molecule has 0 heterocycles. The van der Waals surface area contributed by atoms with Crippen molar-refractivity contribution in [2.45, 2.75) is 70.6 Å². The largest absolute Gasteiger partial charge is 0.393 e. The maximum Gasteiger partial charge on any atom is 0.223 e. The van der Waals surface area contributed by atoms with Crippen LogP contribution < -0.4 is 11.1 Å². The van der Waals surface area contributed by atoms with Crippen LogP contribution in [0.4, 0.5) is 0 Å². The molecule has 4 heteroatoms. The predicted octanol–water partition coefficient (Wildman–Crippen LogP) is 1.42. The summed E-state index contributed by atoms with van der Waals surface area (Å²) < 4.78 is 0. The molecule has 0 aromatic heterocycles. The molecule has 0 saturated heterocycles. The third-order valence-corrected chi connectivity index (χ3v) is 5.07. The number of nitrogens with one attached hydrogen (secondary N) is 1. The average molecular weight is 268 g/mol. The molecule has 0 aromatic carbocycles. The van der Waals surface area contributed by atoms with Gasteiger partial charge in [-0.25, -0.2) is 0 Å². The first kappa shape index (κ1) is 14.8. The standard InChI is InChI=1S/C15H28N2O2/c1-9-7-10(2)14(16)8-13(9)15(19)17-11-3-5-12(18)6-4-11/h9-14,18H,3-8,16H2,1-2H3,(H,17,19). The van der Waals surface area contributed by atoms with Crippen LogP contribution in [0.2, 0.25) is 0 Å². The SMILES string of the molecule is CC1CC(C)C(C(=O)NC2CCC(O)CC2)CC1N. The third-order valence-electron chi connectivity index (χ3n) is 5.07. The summed E-state index contributed by atoms with van der Waals surface area (Å²) in [5.41, 5.74) is 6.11. The summed E-state index contributed by atoms with van der Waals surface area (Å²) in [7, 11) is 0. The molecule has 0 radical (unpaired) electrons. The second-order valence-corrected chi connectivity index (χ2v) is 6.71. The topological polar surface area (TPSA) is 75.3 Å².